The van der Waals surface area contributed by atoms with E-state index < -0.39 is 1.47 Å². The van der Waals surface area contributed by atoms with Crippen LogP contribution in [0.3, 0.4) is 0 Å². The number of benzene rings is 1. The van der Waals surface area contributed by atoms with E-state index in [1.807, 2.05) is 0 Å². The van der Waals surface area contributed by atoms with Crippen LogP contribution in [0.25, 0.3) is 0 Å². The van der Waals surface area contributed by atoms with E-state index in [9.17, 15) is 9.59 Å². The summed E-state index contributed by atoms with van der Waals surface area (Å²) < 4.78 is 0.392. The lowest BCUT2D eigenvalue weighted by Crippen LogP contribution is -2.25. The molecule has 0 bridgehead atoms. The van der Waals surface area contributed by atoms with Crippen molar-refractivity contribution in [2.24, 2.45) is 0 Å². The van der Waals surface area contributed by atoms with Gasteiger partial charge in [-0.1, -0.05) is 12.1 Å². The van der Waals surface area contributed by atoms with Gasteiger partial charge in [0.1, 0.15) is 0 Å². The van der Waals surface area contributed by atoms with Gasteiger partial charge >= 0.3 is 0 Å². The van der Waals surface area contributed by atoms with Crippen LogP contribution in [0.2, 0.25) is 0 Å². The Labute approximate surface area is 121 Å². The second-order valence-corrected chi connectivity index (χ2v) is 12.5. The van der Waals surface area contributed by atoms with Gasteiger partial charge in [0.15, 0.2) is 1.47 Å². The Balaban J connectivity index is 2.36. The molecule has 0 N–H and O–H groups in total. The zero-order chi connectivity index (χ0) is 11.9. The quantitative estimate of drug-likeness (QED) is 0.388. The molecule has 1 aliphatic rings. The Morgan fingerprint density at radius 3 is 1.81 bits per heavy atom. The summed E-state index contributed by atoms with van der Waals surface area (Å²) in [5.41, 5.74) is 0.883. The van der Waals surface area contributed by atoms with Gasteiger partial charge in [-0.15, -0.1) is 0 Å². The summed E-state index contributed by atoms with van der Waals surface area (Å²) in [6, 6.07) is 6.77. The van der Waals surface area contributed by atoms with Gasteiger partial charge in [-0.05, 0) is 59.9 Å². The number of hydrogen-bond acceptors (Lipinski definition) is 3. The van der Waals surface area contributed by atoms with Crippen LogP contribution in [-0.4, -0.2) is 17.6 Å². The van der Waals surface area contributed by atoms with Gasteiger partial charge < -0.3 is 0 Å². The highest BCUT2D eigenvalue weighted by Crippen LogP contribution is 2.48. The molecule has 0 radical (unpaired) electrons. The first-order valence-electron chi connectivity index (χ1n) is 4.14. The lowest BCUT2D eigenvalue weighted by atomic mass is 10.1. The number of halogens is 3. The van der Waals surface area contributed by atoms with Crippen molar-refractivity contribution in [2.45, 2.75) is 1.47 Å². The van der Waals surface area contributed by atoms with E-state index in [1.54, 1.807) is 24.3 Å². The molecule has 16 heavy (non-hydrogen) atoms. The summed E-state index contributed by atoms with van der Waals surface area (Å²) in [6.45, 7) is 0. The highest BCUT2D eigenvalue weighted by molar-refractivity contribution is 9.42. The number of hydrogen-bond donors (Lipinski definition) is 0. The van der Waals surface area contributed by atoms with Crippen molar-refractivity contribution in [3.8, 4) is 0 Å². The number of amides is 2. The number of nitrogens with zero attached hydrogens (tertiary/aromatic N) is 1. The Kier molecular flexibility index (Phi) is 3.49. The Morgan fingerprint density at radius 2 is 1.44 bits per heavy atom. The summed E-state index contributed by atoms with van der Waals surface area (Å²) in [4.78, 5) is 23.8. The van der Waals surface area contributed by atoms with Gasteiger partial charge in [0, 0.05) is 11.9 Å². The van der Waals surface area contributed by atoms with Crippen molar-refractivity contribution in [3.63, 3.8) is 0 Å². The average Bonchev–Trinajstić information content (AvgIpc) is 2.43. The highest BCUT2D eigenvalue weighted by atomic mass is 80.0. The normalized spacial score (nSPS) is 15.6. The first kappa shape index (κ1) is 12.6. The molecule has 2 rings (SSSR count). The largest absolute Gasteiger partial charge is 0.271 e. The second-order valence-electron chi connectivity index (χ2n) is 2.99. The fourth-order valence-corrected chi connectivity index (χ4v) is 3.23. The van der Waals surface area contributed by atoms with Crippen molar-refractivity contribution < 1.29 is 9.59 Å². The first-order chi connectivity index (χ1) is 7.40. The zero-order valence-corrected chi connectivity index (χ0v) is 13.2. The molecule has 0 aromatic heterocycles. The molecule has 0 unspecified atom stereocenters. The first-order valence-corrected chi connectivity index (χ1v) is 7.29. The second kappa shape index (κ2) is 4.44. The molecule has 1 aromatic carbocycles. The summed E-state index contributed by atoms with van der Waals surface area (Å²) in [5.74, 6) is -0.596. The van der Waals surface area contributed by atoms with Crippen molar-refractivity contribution in [2.75, 3.05) is 0 Å². The van der Waals surface area contributed by atoms with Crippen LogP contribution in [0.15, 0.2) is 24.3 Å². The Hall–Kier alpha value is 0.150. The molecule has 1 heterocycles. The molecule has 0 atom stereocenters. The number of carbonyl (C=O) groups excluding carboxylic acids is 2. The number of rotatable bonds is 1. The number of imide groups is 1. The molecule has 0 aliphatic carbocycles. The molecule has 0 saturated heterocycles. The van der Waals surface area contributed by atoms with E-state index >= 15 is 0 Å². The molecule has 0 saturated carbocycles. The van der Waals surface area contributed by atoms with Crippen LogP contribution in [0.4, 0.5) is 0 Å². The van der Waals surface area contributed by atoms with Crippen LogP contribution in [0.5, 0.6) is 0 Å². The summed E-state index contributed by atoms with van der Waals surface area (Å²) in [7, 11) is 0. The summed E-state index contributed by atoms with van der Waals surface area (Å²) >= 11 is 10.7. The van der Waals surface area contributed by atoms with E-state index in [2.05, 4.69) is 47.8 Å². The molecule has 84 valence electrons. The van der Waals surface area contributed by atoms with Gasteiger partial charge in [-0.2, -0.15) is 0 Å². The van der Waals surface area contributed by atoms with Gasteiger partial charge in [0.25, 0.3) is 11.8 Å². The molecule has 0 spiro atoms. The van der Waals surface area contributed by atoms with E-state index in [4.69, 9.17) is 0 Å². The maximum Gasteiger partial charge on any atom is 0.271 e. The Bertz CT molecular complexity index is 437. The minimum absolute atomic E-state index is 0.298. The molecular weight excluding hydrogens is 426 g/mol. The van der Waals surface area contributed by atoms with Crippen LogP contribution in [0, 0.1) is 0 Å². The third-order valence-corrected chi connectivity index (χ3v) is 3.98. The van der Waals surface area contributed by atoms with E-state index in [0.717, 1.165) is 16.3 Å². The van der Waals surface area contributed by atoms with Crippen LogP contribution >= 0.6 is 59.7 Å². The molecule has 1 aromatic rings. The zero-order valence-electron chi connectivity index (χ0n) is 7.62. The fraction of sp³-hybridized carbons (Fsp3) is 0.111. The minimum Gasteiger partial charge on any atom is -0.268 e. The number of fused-ring (bicyclic) bond motifs is 1. The molecule has 7 heteroatoms. The Morgan fingerprint density at radius 1 is 1.00 bits per heavy atom. The van der Waals surface area contributed by atoms with Gasteiger partial charge in [0.2, 0.25) is 0 Å². The standard InChI is InChI=1S/C9H4Br3NO2S/c10-9(11,12)16-13-7(14)5-3-1-2-4-6(5)8(13)15/h1-4H. The molecule has 1 aliphatic heterocycles. The van der Waals surface area contributed by atoms with Crippen molar-refractivity contribution in [1.29, 1.82) is 0 Å². The van der Waals surface area contributed by atoms with E-state index in [1.165, 1.54) is 0 Å². The van der Waals surface area contributed by atoms with Gasteiger partial charge in [-0.25, -0.2) is 4.31 Å². The predicted molar refractivity (Wildman–Crippen MR) is 74.0 cm³/mol. The predicted octanol–water partition coefficient (Wildman–Crippen LogP) is 3.73. The van der Waals surface area contributed by atoms with Crippen LogP contribution < -0.4 is 0 Å². The molecule has 3 nitrogen and oxygen atoms in total. The maximum absolute atomic E-state index is 11.9. The summed E-state index contributed by atoms with van der Waals surface area (Å²) in [5, 5.41) is 0. The molecule has 2 amide bonds. The van der Waals surface area contributed by atoms with Gasteiger partial charge in [-0.3, -0.25) is 9.59 Å². The number of carbonyl (C=O) groups is 2. The van der Waals surface area contributed by atoms with E-state index in [0.29, 0.717) is 11.1 Å². The minimum atomic E-state index is -0.722. The van der Waals surface area contributed by atoms with Crippen molar-refractivity contribution in [3.05, 3.63) is 35.4 Å². The third-order valence-electron chi connectivity index (χ3n) is 1.95. The lowest BCUT2D eigenvalue weighted by molar-refractivity contribution is 0.0777. The van der Waals surface area contributed by atoms with Crippen LogP contribution in [0.1, 0.15) is 20.7 Å². The third kappa shape index (κ3) is 2.37. The van der Waals surface area contributed by atoms with Gasteiger partial charge in [0.05, 0.1) is 11.1 Å². The SMILES string of the molecule is O=C1c2ccccc2C(=O)N1SC(Br)(Br)Br. The monoisotopic (exact) mass is 427 g/mol. The van der Waals surface area contributed by atoms with Crippen LogP contribution in [-0.2, 0) is 0 Å². The number of alkyl halides is 3. The topological polar surface area (TPSA) is 37.4 Å². The molecular formula is C9H4Br3NO2S. The average molecular weight is 430 g/mol. The lowest BCUT2D eigenvalue weighted by Gasteiger charge is -2.18. The van der Waals surface area contributed by atoms with E-state index in [-0.39, 0.29) is 11.8 Å². The highest BCUT2D eigenvalue weighted by Gasteiger charge is 2.39. The van der Waals surface area contributed by atoms with Crippen molar-refractivity contribution in [1.82, 2.24) is 4.31 Å². The maximum atomic E-state index is 11.9. The summed E-state index contributed by atoms with van der Waals surface area (Å²) in [6.07, 6.45) is 0. The fourth-order valence-electron chi connectivity index (χ4n) is 1.35. The smallest absolute Gasteiger partial charge is 0.268 e. The molecule has 0 fully saturated rings. The van der Waals surface area contributed by atoms with Crippen molar-refractivity contribution >= 4 is 71.6 Å².